The standard InChI is InChI=1S/C16H20N4O2S/c1-11-15(23-12(2)19-11)9-18-16(21)20-7-5-14(10-20)22-13-4-3-6-17-8-13/h3-4,6,8,14H,5,7,9-10H2,1-2H3,(H,18,21). The number of amides is 2. The number of urea groups is 1. The Bertz CT molecular complexity index is 674. The Labute approximate surface area is 139 Å². The summed E-state index contributed by atoms with van der Waals surface area (Å²) in [7, 11) is 0. The second kappa shape index (κ2) is 6.95. The molecule has 0 aliphatic carbocycles. The van der Waals surface area contributed by atoms with E-state index in [0.717, 1.165) is 27.7 Å². The van der Waals surface area contributed by atoms with E-state index in [0.29, 0.717) is 19.6 Å². The number of nitrogens with zero attached hydrogens (tertiary/aromatic N) is 3. The van der Waals surface area contributed by atoms with Gasteiger partial charge in [0.25, 0.3) is 0 Å². The summed E-state index contributed by atoms with van der Waals surface area (Å²) in [5.74, 6) is 0.746. The summed E-state index contributed by atoms with van der Waals surface area (Å²) < 4.78 is 5.85. The predicted molar refractivity (Wildman–Crippen MR) is 88.7 cm³/mol. The van der Waals surface area contributed by atoms with Crippen molar-refractivity contribution in [3.8, 4) is 5.75 Å². The van der Waals surface area contributed by atoms with Gasteiger partial charge in [0.15, 0.2) is 0 Å². The van der Waals surface area contributed by atoms with Crippen LogP contribution in [0.2, 0.25) is 0 Å². The summed E-state index contributed by atoms with van der Waals surface area (Å²) in [6, 6.07) is 3.67. The average molecular weight is 332 g/mol. The van der Waals surface area contributed by atoms with Gasteiger partial charge in [0, 0.05) is 24.0 Å². The first kappa shape index (κ1) is 15.7. The molecule has 0 spiro atoms. The van der Waals surface area contributed by atoms with Crippen molar-refractivity contribution < 1.29 is 9.53 Å². The smallest absolute Gasteiger partial charge is 0.317 e. The molecule has 2 aromatic heterocycles. The van der Waals surface area contributed by atoms with Crippen molar-refractivity contribution in [1.29, 1.82) is 0 Å². The predicted octanol–water partition coefficient (Wildman–Crippen LogP) is 2.52. The molecule has 2 aromatic rings. The maximum atomic E-state index is 12.3. The van der Waals surface area contributed by atoms with E-state index in [-0.39, 0.29) is 12.1 Å². The van der Waals surface area contributed by atoms with Crippen LogP contribution in [0.3, 0.4) is 0 Å². The number of likely N-dealkylation sites (tertiary alicyclic amines) is 1. The van der Waals surface area contributed by atoms with Crippen molar-refractivity contribution in [3.05, 3.63) is 40.1 Å². The van der Waals surface area contributed by atoms with Gasteiger partial charge in [-0.1, -0.05) is 0 Å². The minimum Gasteiger partial charge on any atom is -0.487 e. The van der Waals surface area contributed by atoms with Crippen LogP contribution in [0.5, 0.6) is 5.75 Å². The Kier molecular flexibility index (Phi) is 4.76. The first-order chi connectivity index (χ1) is 11.1. The Morgan fingerprint density at radius 2 is 2.39 bits per heavy atom. The van der Waals surface area contributed by atoms with Crippen LogP contribution in [0.15, 0.2) is 24.5 Å². The number of hydrogen-bond acceptors (Lipinski definition) is 5. The lowest BCUT2D eigenvalue weighted by Crippen LogP contribution is -2.39. The highest BCUT2D eigenvalue weighted by atomic mass is 32.1. The van der Waals surface area contributed by atoms with Gasteiger partial charge in [0.1, 0.15) is 11.9 Å². The van der Waals surface area contributed by atoms with Gasteiger partial charge in [-0.25, -0.2) is 9.78 Å². The van der Waals surface area contributed by atoms with Crippen molar-refractivity contribution >= 4 is 17.4 Å². The minimum absolute atomic E-state index is 0.0253. The van der Waals surface area contributed by atoms with Crippen LogP contribution in [-0.4, -0.2) is 40.1 Å². The zero-order valence-corrected chi connectivity index (χ0v) is 14.1. The van der Waals surface area contributed by atoms with Crippen LogP contribution in [0.4, 0.5) is 4.79 Å². The molecule has 122 valence electrons. The van der Waals surface area contributed by atoms with Crippen LogP contribution in [-0.2, 0) is 6.54 Å². The molecular formula is C16H20N4O2S. The third-order valence-corrected chi connectivity index (χ3v) is 4.84. The van der Waals surface area contributed by atoms with Gasteiger partial charge >= 0.3 is 6.03 Å². The molecule has 0 bridgehead atoms. The quantitative estimate of drug-likeness (QED) is 0.934. The fourth-order valence-corrected chi connectivity index (χ4v) is 3.50. The Hall–Kier alpha value is -2.15. The van der Waals surface area contributed by atoms with Crippen LogP contribution in [0.1, 0.15) is 22.0 Å². The third-order valence-electron chi connectivity index (χ3n) is 3.77. The number of nitrogens with one attached hydrogen (secondary N) is 1. The van der Waals surface area contributed by atoms with Gasteiger partial charge in [-0.3, -0.25) is 4.98 Å². The minimum atomic E-state index is -0.0484. The first-order valence-corrected chi connectivity index (χ1v) is 8.46. The largest absolute Gasteiger partial charge is 0.487 e. The van der Waals surface area contributed by atoms with E-state index in [1.54, 1.807) is 28.6 Å². The maximum Gasteiger partial charge on any atom is 0.317 e. The Balaban J connectivity index is 1.48. The van der Waals surface area contributed by atoms with E-state index in [1.807, 2.05) is 26.0 Å². The molecule has 6 nitrogen and oxygen atoms in total. The summed E-state index contributed by atoms with van der Waals surface area (Å²) in [4.78, 5) is 23.6. The van der Waals surface area contributed by atoms with Gasteiger partial charge in [-0.15, -0.1) is 11.3 Å². The van der Waals surface area contributed by atoms with E-state index >= 15 is 0 Å². The number of aromatic nitrogens is 2. The number of ether oxygens (including phenoxy) is 1. The van der Waals surface area contributed by atoms with E-state index in [1.165, 1.54) is 0 Å². The van der Waals surface area contributed by atoms with Crippen molar-refractivity contribution in [2.24, 2.45) is 0 Å². The molecule has 1 aliphatic rings. The number of pyridine rings is 1. The molecule has 23 heavy (non-hydrogen) atoms. The summed E-state index contributed by atoms with van der Waals surface area (Å²) >= 11 is 1.63. The molecule has 1 fully saturated rings. The lowest BCUT2D eigenvalue weighted by Gasteiger charge is -2.17. The van der Waals surface area contributed by atoms with Crippen LogP contribution in [0.25, 0.3) is 0 Å². The highest BCUT2D eigenvalue weighted by Gasteiger charge is 2.27. The lowest BCUT2D eigenvalue weighted by molar-refractivity contribution is 0.186. The Morgan fingerprint density at radius 1 is 1.52 bits per heavy atom. The van der Waals surface area contributed by atoms with E-state index in [2.05, 4.69) is 15.3 Å². The van der Waals surface area contributed by atoms with E-state index < -0.39 is 0 Å². The Morgan fingerprint density at radius 3 is 3.09 bits per heavy atom. The molecule has 2 amide bonds. The molecular weight excluding hydrogens is 312 g/mol. The zero-order chi connectivity index (χ0) is 16.2. The van der Waals surface area contributed by atoms with Gasteiger partial charge in [-0.2, -0.15) is 0 Å². The molecule has 1 N–H and O–H groups in total. The van der Waals surface area contributed by atoms with Crippen LogP contribution in [0, 0.1) is 13.8 Å². The van der Waals surface area contributed by atoms with Crippen molar-refractivity contribution in [1.82, 2.24) is 20.2 Å². The summed E-state index contributed by atoms with van der Waals surface area (Å²) in [6.45, 7) is 5.78. The van der Waals surface area contributed by atoms with E-state index in [4.69, 9.17) is 4.74 Å². The molecule has 3 rings (SSSR count). The number of aryl methyl sites for hydroxylation is 2. The van der Waals surface area contributed by atoms with Gasteiger partial charge in [0.05, 0.1) is 30.0 Å². The fraction of sp³-hybridized carbons (Fsp3) is 0.438. The highest BCUT2D eigenvalue weighted by Crippen LogP contribution is 2.19. The number of thiazole rings is 1. The SMILES string of the molecule is Cc1nc(C)c(CNC(=O)N2CCC(Oc3cccnc3)C2)s1. The molecule has 1 saturated heterocycles. The van der Waals surface area contributed by atoms with Crippen molar-refractivity contribution in [3.63, 3.8) is 0 Å². The van der Waals surface area contributed by atoms with Gasteiger partial charge < -0.3 is 15.0 Å². The second-order valence-corrected chi connectivity index (χ2v) is 6.85. The lowest BCUT2D eigenvalue weighted by atomic mass is 10.3. The average Bonchev–Trinajstić information content (AvgIpc) is 3.12. The molecule has 7 heteroatoms. The number of hydrogen-bond donors (Lipinski definition) is 1. The number of rotatable bonds is 4. The van der Waals surface area contributed by atoms with E-state index in [9.17, 15) is 4.79 Å². The second-order valence-electron chi connectivity index (χ2n) is 5.56. The first-order valence-electron chi connectivity index (χ1n) is 7.64. The molecule has 1 aliphatic heterocycles. The molecule has 3 heterocycles. The summed E-state index contributed by atoms with van der Waals surface area (Å²) in [5, 5.41) is 3.99. The summed E-state index contributed by atoms with van der Waals surface area (Å²) in [6.07, 6.45) is 4.26. The molecule has 1 atom stereocenters. The molecule has 0 saturated carbocycles. The van der Waals surface area contributed by atoms with Crippen LogP contribution >= 0.6 is 11.3 Å². The number of carbonyl (C=O) groups is 1. The highest BCUT2D eigenvalue weighted by molar-refractivity contribution is 7.11. The maximum absolute atomic E-state index is 12.3. The fourth-order valence-electron chi connectivity index (χ4n) is 2.62. The van der Waals surface area contributed by atoms with Crippen LogP contribution < -0.4 is 10.1 Å². The third kappa shape index (κ3) is 3.98. The zero-order valence-electron chi connectivity index (χ0n) is 13.3. The number of carbonyl (C=O) groups excluding carboxylic acids is 1. The van der Waals surface area contributed by atoms with Gasteiger partial charge in [0.2, 0.25) is 0 Å². The molecule has 0 radical (unpaired) electrons. The van der Waals surface area contributed by atoms with Crippen molar-refractivity contribution in [2.45, 2.75) is 32.9 Å². The summed E-state index contributed by atoms with van der Waals surface area (Å²) in [5.41, 5.74) is 0.993. The topological polar surface area (TPSA) is 67.4 Å². The van der Waals surface area contributed by atoms with Gasteiger partial charge in [-0.05, 0) is 26.0 Å². The normalized spacial score (nSPS) is 17.3. The van der Waals surface area contributed by atoms with Crippen molar-refractivity contribution in [2.75, 3.05) is 13.1 Å². The molecule has 1 unspecified atom stereocenters. The monoisotopic (exact) mass is 332 g/mol. The molecule has 0 aromatic carbocycles.